The van der Waals surface area contributed by atoms with Crippen molar-refractivity contribution in [3.05, 3.63) is 137 Å². The Kier molecular flexibility index (Phi) is 22.7. The summed E-state index contributed by atoms with van der Waals surface area (Å²) >= 11 is 1.56. The van der Waals surface area contributed by atoms with Crippen molar-refractivity contribution in [2.24, 2.45) is 5.41 Å². The molecule has 5 N–H and O–H groups in total. The average Bonchev–Trinajstić information content (AvgIpc) is 1.75. The number of halogens is 2. The molecule has 0 saturated carbocycles. The summed E-state index contributed by atoms with van der Waals surface area (Å²) in [7, 11) is -3.25. The number of carbonyl (C=O) groups excluding carboxylic acids is 4. The van der Waals surface area contributed by atoms with Crippen LogP contribution in [0, 0.1) is 24.0 Å². The van der Waals surface area contributed by atoms with E-state index in [4.69, 9.17) is 32.8 Å². The topological polar surface area (TPSA) is 311 Å². The van der Waals surface area contributed by atoms with E-state index in [1.54, 1.807) is 63.8 Å². The number of likely N-dealkylation sites (tertiary alicyclic amines) is 1. The summed E-state index contributed by atoms with van der Waals surface area (Å²) in [4.78, 5) is 68.5. The molecule has 0 aliphatic carbocycles. The number of β-amino-alcohol motifs (C(OH)–C–C–N with tert-alkyl or cyclic N) is 1. The van der Waals surface area contributed by atoms with Gasteiger partial charge in [-0.1, -0.05) is 57.2 Å². The van der Waals surface area contributed by atoms with Crippen molar-refractivity contribution in [1.82, 2.24) is 50.4 Å². The minimum absolute atomic E-state index is 0.0438. The number of rotatable bonds is 31. The summed E-state index contributed by atoms with van der Waals surface area (Å²) in [5.41, 5.74) is 6.34. The zero-order valence-electron chi connectivity index (χ0n) is 50.5. The number of anilines is 1. The molecule has 6 heterocycles. The van der Waals surface area contributed by atoms with Gasteiger partial charge in [-0.25, -0.2) is 32.2 Å². The van der Waals surface area contributed by atoms with Crippen LogP contribution in [-0.2, 0) is 54.6 Å². The Hall–Kier alpha value is -8.68. The van der Waals surface area contributed by atoms with Crippen LogP contribution < -0.4 is 25.4 Å². The van der Waals surface area contributed by atoms with Gasteiger partial charge in [0.2, 0.25) is 29.5 Å². The molecule has 0 bridgehead atoms. The number of amides is 4. The van der Waals surface area contributed by atoms with Crippen LogP contribution in [0.25, 0.3) is 50.3 Å². The zero-order valence-corrected chi connectivity index (χ0v) is 52.1. The van der Waals surface area contributed by atoms with Gasteiger partial charge in [-0.3, -0.25) is 28.3 Å². The number of aliphatic hydroxyl groups excluding tert-OH is 1. The lowest BCUT2D eigenvalue weighted by Crippen LogP contribution is -2.58. The third-order valence-electron chi connectivity index (χ3n) is 14.3. The molecule has 0 spiro atoms. The number of sulfonamides is 1. The van der Waals surface area contributed by atoms with Crippen LogP contribution in [0.4, 0.5) is 14.5 Å². The number of thiazole rings is 1. The van der Waals surface area contributed by atoms with Gasteiger partial charge in [0, 0.05) is 55.6 Å². The SMILES string of the molecule is COc1ncc(-c2ccc3ncc(-c4nnc(-c5ccccc5C(=O)NCCOCCOCCOCCOCCOCC(=O)NC(C(=O)N5CC(O)CC5C(=O)NCc5ccc(-c6scnc6C)cc5)C(C)(C)C)o4)n3c2)cc1NS(=O)(=O)c1ccc(F)cc1F. The molecule has 91 heavy (non-hydrogen) atoms. The van der Waals surface area contributed by atoms with Crippen LogP contribution in [0.3, 0.4) is 0 Å². The van der Waals surface area contributed by atoms with E-state index in [1.807, 2.05) is 52.0 Å². The first-order valence-electron chi connectivity index (χ1n) is 28.9. The number of pyridine rings is 2. The van der Waals surface area contributed by atoms with Gasteiger partial charge >= 0.3 is 0 Å². The van der Waals surface area contributed by atoms with Gasteiger partial charge in [0.25, 0.3) is 21.8 Å². The number of imidazole rings is 1. The highest BCUT2D eigenvalue weighted by Crippen LogP contribution is 2.34. The molecule has 1 fully saturated rings. The van der Waals surface area contributed by atoms with Crippen molar-refractivity contribution >= 4 is 56.3 Å². The fraction of sp³-hybridized carbons (Fsp3) is 0.371. The lowest BCUT2D eigenvalue weighted by molar-refractivity contribution is -0.144. The predicted octanol–water partition coefficient (Wildman–Crippen LogP) is 6.25. The van der Waals surface area contributed by atoms with E-state index in [-0.39, 0.29) is 101 Å². The number of aromatic nitrogens is 6. The quantitative estimate of drug-likeness (QED) is 0.0300. The van der Waals surface area contributed by atoms with Crippen molar-refractivity contribution < 1.29 is 74.3 Å². The summed E-state index contributed by atoms with van der Waals surface area (Å²) in [6.45, 7) is 9.67. The van der Waals surface area contributed by atoms with Gasteiger partial charge in [-0.05, 0) is 65.9 Å². The van der Waals surface area contributed by atoms with E-state index in [9.17, 15) is 41.5 Å². The molecule has 8 aromatic rings. The Morgan fingerprint density at radius 1 is 0.791 bits per heavy atom. The maximum atomic E-state index is 14.5. The number of aryl methyl sites for hydroxylation is 1. The van der Waals surface area contributed by atoms with Crippen LogP contribution >= 0.6 is 11.3 Å². The molecule has 3 aromatic carbocycles. The zero-order chi connectivity index (χ0) is 64.7. The number of hydrogen-bond donors (Lipinski definition) is 5. The average molecular weight is 1290 g/mol. The normalized spacial score (nSPS) is 14.6. The number of nitrogens with one attached hydrogen (secondary N) is 4. The van der Waals surface area contributed by atoms with Crippen molar-refractivity contribution in [2.75, 3.05) is 91.0 Å². The fourth-order valence-corrected chi connectivity index (χ4v) is 11.6. The number of aliphatic hydroxyl groups is 1. The summed E-state index contributed by atoms with van der Waals surface area (Å²) in [6, 6.07) is 19.6. The molecule has 1 aliphatic heterocycles. The van der Waals surface area contributed by atoms with Crippen molar-refractivity contribution in [1.29, 1.82) is 0 Å². The van der Waals surface area contributed by atoms with Gasteiger partial charge in [0.1, 0.15) is 52.2 Å². The second-order valence-corrected chi connectivity index (χ2v) is 24.4. The van der Waals surface area contributed by atoms with Crippen LogP contribution in [0.15, 0.2) is 118 Å². The number of hydrogen-bond acceptors (Lipinski definition) is 20. The van der Waals surface area contributed by atoms with Crippen LogP contribution in [0.5, 0.6) is 5.88 Å². The number of fused-ring (bicyclic) bond motifs is 1. The predicted molar refractivity (Wildman–Crippen MR) is 329 cm³/mol. The summed E-state index contributed by atoms with van der Waals surface area (Å²) in [6.07, 6.45) is 3.84. The molecule has 29 heteroatoms. The number of ether oxygens (including phenoxy) is 6. The molecular formula is C62H69F2N11O14S2. The van der Waals surface area contributed by atoms with Crippen LogP contribution in [0.1, 0.15) is 48.8 Å². The summed E-state index contributed by atoms with van der Waals surface area (Å²) in [5, 5.41) is 27.6. The molecular weight excluding hydrogens is 1220 g/mol. The van der Waals surface area contributed by atoms with E-state index >= 15 is 0 Å². The van der Waals surface area contributed by atoms with E-state index in [1.165, 1.54) is 30.5 Å². The Balaban J connectivity index is 0.629. The molecule has 1 saturated heterocycles. The second-order valence-electron chi connectivity index (χ2n) is 21.9. The fourth-order valence-electron chi connectivity index (χ4n) is 9.71. The van der Waals surface area contributed by atoms with Gasteiger partial charge in [0.15, 0.2) is 0 Å². The molecule has 3 atom stereocenters. The number of nitrogens with zero attached hydrogens (tertiary/aromatic N) is 7. The minimum atomic E-state index is -4.53. The number of benzene rings is 3. The maximum absolute atomic E-state index is 14.5. The lowest BCUT2D eigenvalue weighted by Gasteiger charge is -2.35. The largest absolute Gasteiger partial charge is 0.480 e. The first-order valence-corrected chi connectivity index (χ1v) is 31.3. The lowest BCUT2D eigenvalue weighted by atomic mass is 9.85. The summed E-state index contributed by atoms with van der Waals surface area (Å²) < 4.78 is 97.6. The number of carbonyl (C=O) groups is 4. The van der Waals surface area contributed by atoms with E-state index in [0.29, 0.717) is 53.9 Å². The highest BCUT2D eigenvalue weighted by Gasteiger charge is 2.44. The van der Waals surface area contributed by atoms with E-state index in [2.05, 4.69) is 45.8 Å². The molecule has 9 rings (SSSR count). The van der Waals surface area contributed by atoms with E-state index < -0.39 is 73.8 Å². The Bertz CT molecular complexity index is 3940. The van der Waals surface area contributed by atoms with Crippen LogP contribution in [-0.4, -0.2) is 176 Å². The van der Waals surface area contributed by atoms with Crippen LogP contribution in [0.2, 0.25) is 0 Å². The molecule has 0 radical (unpaired) electrons. The van der Waals surface area contributed by atoms with E-state index in [0.717, 1.165) is 33.8 Å². The molecule has 482 valence electrons. The number of methoxy groups -OCH3 is 1. The Labute approximate surface area is 526 Å². The van der Waals surface area contributed by atoms with Gasteiger partial charge in [-0.2, -0.15) is 0 Å². The Morgan fingerprint density at radius 2 is 1.47 bits per heavy atom. The first kappa shape index (κ1) is 66.7. The van der Waals surface area contributed by atoms with Crippen molar-refractivity contribution in [3.63, 3.8) is 0 Å². The summed E-state index contributed by atoms with van der Waals surface area (Å²) in [5.74, 6) is -3.96. The standard InChI is InChI=1S/C62H69F2N11O14S2/c1-38-54(90-37-69-38)40-12-10-39(11-13-40)31-67-57(79)49-30-44(76)35-75(49)61(80)55(62(2,3)4)70-53(77)36-88-27-26-87-25-24-86-23-22-85-21-20-84-19-18-65-56(78)45-8-6-7-9-46(45)58-71-72-60(89-58)50-33-66-52-17-14-41(34-74(50)52)42-28-48(59(83-5)68-32-42)73-91(81,82)51-16-15-43(63)29-47(51)64/h6-17,28-29,32-34,37,44,49,55,73,76H,18-27,30-31,35-36H2,1-5H3,(H,65,78)(H,67,79)(H,70,77). The highest BCUT2D eigenvalue weighted by molar-refractivity contribution is 7.92. The first-order chi connectivity index (χ1) is 43.8. The molecule has 5 aromatic heterocycles. The molecule has 25 nitrogen and oxygen atoms in total. The van der Waals surface area contributed by atoms with Crippen molar-refractivity contribution in [2.45, 2.75) is 63.7 Å². The smallest absolute Gasteiger partial charge is 0.266 e. The molecule has 1 aliphatic rings. The molecule has 3 unspecified atom stereocenters. The van der Waals surface area contributed by atoms with Gasteiger partial charge in [0.05, 0.1) is 106 Å². The van der Waals surface area contributed by atoms with Gasteiger partial charge < -0.3 is 58.8 Å². The highest BCUT2D eigenvalue weighted by atomic mass is 32.2. The minimum Gasteiger partial charge on any atom is -0.480 e. The third-order valence-corrected chi connectivity index (χ3v) is 16.7. The third kappa shape index (κ3) is 17.4. The molecule has 4 amide bonds. The van der Waals surface area contributed by atoms with Gasteiger partial charge in [-0.15, -0.1) is 21.5 Å². The maximum Gasteiger partial charge on any atom is 0.266 e. The monoisotopic (exact) mass is 1290 g/mol. The second kappa shape index (κ2) is 30.9. The van der Waals surface area contributed by atoms with Crippen molar-refractivity contribution in [3.8, 4) is 50.5 Å². The Morgan fingerprint density at radius 3 is 2.15 bits per heavy atom.